The highest BCUT2D eigenvalue weighted by atomic mass is 16.6. The van der Waals surface area contributed by atoms with Crippen LogP contribution in [0.15, 0.2) is 47.2 Å². The zero-order chi connectivity index (χ0) is 19.4. The summed E-state index contributed by atoms with van der Waals surface area (Å²) < 4.78 is 5.39. The SMILES string of the molecule is CC(C)C(Nc1ccc(C#N)cc1[N+](=O)[O-])c1nc(-c2ccncc2)no1. The van der Waals surface area contributed by atoms with Crippen molar-refractivity contribution in [1.29, 1.82) is 5.26 Å². The summed E-state index contributed by atoms with van der Waals surface area (Å²) in [7, 11) is 0. The lowest BCUT2D eigenvalue weighted by Crippen LogP contribution is -2.18. The molecule has 0 amide bonds. The van der Waals surface area contributed by atoms with Crippen molar-refractivity contribution in [2.24, 2.45) is 5.92 Å². The van der Waals surface area contributed by atoms with Crippen LogP contribution in [0.2, 0.25) is 0 Å². The number of hydrogen-bond donors (Lipinski definition) is 1. The third kappa shape index (κ3) is 3.90. The van der Waals surface area contributed by atoms with E-state index in [4.69, 9.17) is 9.78 Å². The van der Waals surface area contributed by atoms with Crippen LogP contribution in [0.3, 0.4) is 0 Å². The smallest absolute Gasteiger partial charge is 0.293 e. The first-order valence-corrected chi connectivity index (χ1v) is 8.18. The van der Waals surface area contributed by atoms with Crippen LogP contribution in [0.4, 0.5) is 11.4 Å². The van der Waals surface area contributed by atoms with Gasteiger partial charge >= 0.3 is 0 Å². The minimum absolute atomic E-state index is 0.00554. The molecule has 0 bridgehead atoms. The van der Waals surface area contributed by atoms with Gasteiger partial charge in [-0.1, -0.05) is 19.0 Å². The molecule has 9 heteroatoms. The summed E-state index contributed by atoms with van der Waals surface area (Å²) in [6.07, 6.45) is 3.26. The van der Waals surface area contributed by atoms with Crippen molar-refractivity contribution < 1.29 is 9.45 Å². The van der Waals surface area contributed by atoms with Gasteiger partial charge in [-0.2, -0.15) is 10.2 Å². The van der Waals surface area contributed by atoms with Gasteiger partial charge in [0.1, 0.15) is 11.7 Å². The lowest BCUT2D eigenvalue weighted by Gasteiger charge is -2.19. The summed E-state index contributed by atoms with van der Waals surface area (Å²) in [6, 6.07) is 9.23. The number of nitro benzene ring substituents is 1. The zero-order valence-corrected chi connectivity index (χ0v) is 14.7. The first-order chi connectivity index (χ1) is 13.0. The Kier molecular flexibility index (Phi) is 5.08. The van der Waals surface area contributed by atoms with E-state index in [1.165, 1.54) is 18.2 Å². The van der Waals surface area contributed by atoms with Crippen LogP contribution in [0, 0.1) is 27.4 Å². The third-order valence-corrected chi connectivity index (χ3v) is 3.95. The number of nitrogens with one attached hydrogen (secondary N) is 1. The Hall–Kier alpha value is -3.80. The monoisotopic (exact) mass is 364 g/mol. The van der Waals surface area contributed by atoms with E-state index in [0.717, 1.165) is 5.56 Å². The normalized spacial score (nSPS) is 11.8. The molecule has 0 aliphatic carbocycles. The van der Waals surface area contributed by atoms with Crippen molar-refractivity contribution in [1.82, 2.24) is 15.1 Å². The van der Waals surface area contributed by atoms with Gasteiger partial charge in [0, 0.05) is 24.0 Å². The average molecular weight is 364 g/mol. The van der Waals surface area contributed by atoms with Gasteiger partial charge in [0.2, 0.25) is 11.7 Å². The largest absolute Gasteiger partial charge is 0.368 e. The number of nitrogens with zero attached hydrogens (tertiary/aromatic N) is 5. The van der Waals surface area contributed by atoms with Gasteiger partial charge in [-0.15, -0.1) is 0 Å². The average Bonchev–Trinajstić information content (AvgIpc) is 3.16. The van der Waals surface area contributed by atoms with Crippen LogP contribution in [0.5, 0.6) is 0 Å². The van der Waals surface area contributed by atoms with Gasteiger partial charge in [0.15, 0.2) is 0 Å². The molecule has 136 valence electrons. The summed E-state index contributed by atoms with van der Waals surface area (Å²) in [5.41, 5.74) is 1.06. The molecule has 9 nitrogen and oxygen atoms in total. The lowest BCUT2D eigenvalue weighted by molar-refractivity contribution is -0.384. The molecule has 1 unspecified atom stereocenters. The van der Waals surface area contributed by atoms with Crippen LogP contribution in [0.1, 0.15) is 31.3 Å². The van der Waals surface area contributed by atoms with E-state index >= 15 is 0 Å². The van der Waals surface area contributed by atoms with Crippen LogP contribution in [-0.4, -0.2) is 20.0 Å². The number of pyridine rings is 1. The standard InChI is InChI=1S/C18H16N6O3/c1-11(2)16(18-22-17(23-27-18)13-5-7-20-8-6-13)21-14-4-3-12(10-19)9-15(14)24(25)26/h3-9,11,16,21H,1-2H3. The Morgan fingerprint density at radius 2 is 2.00 bits per heavy atom. The molecule has 0 aliphatic heterocycles. The maximum atomic E-state index is 11.4. The minimum atomic E-state index is -0.531. The lowest BCUT2D eigenvalue weighted by atomic mass is 10.0. The van der Waals surface area contributed by atoms with E-state index < -0.39 is 11.0 Å². The molecular weight excluding hydrogens is 348 g/mol. The fourth-order valence-corrected chi connectivity index (χ4v) is 2.54. The summed E-state index contributed by atoms with van der Waals surface area (Å²) >= 11 is 0. The van der Waals surface area contributed by atoms with E-state index in [1.807, 2.05) is 19.9 Å². The molecule has 27 heavy (non-hydrogen) atoms. The highest BCUT2D eigenvalue weighted by Crippen LogP contribution is 2.32. The molecule has 0 saturated carbocycles. The van der Waals surface area contributed by atoms with Gasteiger partial charge in [-0.3, -0.25) is 15.1 Å². The van der Waals surface area contributed by atoms with Crippen molar-refractivity contribution in [2.75, 3.05) is 5.32 Å². The predicted octanol–water partition coefficient (Wildman–Crippen LogP) is 3.72. The maximum absolute atomic E-state index is 11.4. The van der Waals surface area contributed by atoms with Crippen molar-refractivity contribution in [3.05, 3.63) is 64.3 Å². The fraction of sp³-hybridized carbons (Fsp3) is 0.222. The summed E-state index contributed by atoms with van der Waals surface area (Å²) in [6.45, 7) is 3.87. The highest BCUT2D eigenvalue weighted by molar-refractivity contribution is 5.64. The first kappa shape index (κ1) is 18.0. The fourth-order valence-electron chi connectivity index (χ4n) is 2.54. The van der Waals surface area contributed by atoms with Crippen molar-refractivity contribution in [2.45, 2.75) is 19.9 Å². The molecule has 1 aromatic carbocycles. The summed E-state index contributed by atoms with van der Waals surface area (Å²) in [4.78, 5) is 19.2. The number of anilines is 1. The van der Waals surface area contributed by atoms with Gasteiger partial charge < -0.3 is 9.84 Å². The van der Waals surface area contributed by atoms with Crippen molar-refractivity contribution in [3.8, 4) is 17.5 Å². The number of nitriles is 1. The molecular formula is C18H16N6O3. The number of aromatic nitrogens is 3. The maximum Gasteiger partial charge on any atom is 0.293 e. The second-order valence-electron chi connectivity index (χ2n) is 6.16. The number of rotatable bonds is 6. The van der Waals surface area contributed by atoms with E-state index in [9.17, 15) is 10.1 Å². The first-order valence-electron chi connectivity index (χ1n) is 8.18. The third-order valence-electron chi connectivity index (χ3n) is 3.95. The molecule has 2 heterocycles. The van der Waals surface area contributed by atoms with Crippen LogP contribution < -0.4 is 5.32 Å². The van der Waals surface area contributed by atoms with Gasteiger partial charge in [0.05, 0.1) is 16.6 Å². The Morgan fingerprint density at radius 3 is 2.63 bits per heavy atom. The van der Waals surface area contributed by atoms with E-state index in [0.29, 0.717) is 11.7 Å². The molecule has 0 fully saturated rings. The second-order valence-corrected chi connectivity index (χ2v) is 6.16. The Balaban J connectivity index is 1.93. The molecule has 0 radical (unpaired) electrons. The molecule has 3 aromatic rings. The molecule has 0 aliphatic rings. The van der Waals surface area contributed by atoms with Crippen LogP contribution >= 0.6 is 0 Å². The number of hydrogen-bond acceptors (Lipinski definition) is 8. The Labute approximate surface area is 154 Å². The Morgan fingerprint density at radius 1 is 1.26 bits per heavy atom. The summed E-state index contributed by atoms with van der Waals surface area (Å²) in [5.74, 6) is 0.732. The van der Waals surface area contributed by atoms with Crippen LogP contribution in [0.25, 0.3) is 11.4 Å². The molecule has 1 N–H and O–H groups in total. The minimum Gasteiger partial charge on any atom is -0.368 e. The molecule has 0 spiro atoms. The van der Waals surface area contributed by atoms with Crippen LogP contribution in [-0.2, 0) is 0 Å². The quantitative estimate of drug-likeness (QED) is 0.517. The van der Waals surface area contributed by atoms with E-state index in [-0.39, 0.29) is 22.9 Å². The second kappa shape index (κ2) is 7.61. The summed E-state index contributed by atoms with van der Waals surface area (Å²) in [5, 5.41) is 27.4. The van der Waals surface area contributed by atoms with Gasteiger partial charge in [-0.25, -0.2) is 0 Å². The van der Waals surface area contributed by atoms with E-state index in [2.05, 4.69) is 20.4 Å². The molecule has 2 aromatic heterocycles. The van der Waals surface area contributed by atoms with E-state index in [1.54, 1.807) is 24.5 Å². The van der Waals surface area contributed by atoms with Crippen molar-refractivity contribution in [3.63, 3.8) is 0 Å². The molecule has 1 atom stereocenters. The molecule has 0 saturated heterocycles. The highest BCUT2D eigenvalue weighted by Gasteiger charge is 2.26. The number of benzene rings is 1. The molecule has 3 rings (SSSR count). The number of nitro groups is 1. The zero-order valence-electron chi connectivity index (χ0n) is 14.7. The predicted molar refractivity (Wildman–Crippen MR) is 96.5 cm³/mol. The van der Waals surface area contributed by atoms with Gasteiger partial charge in [0.25, 0.3) is 5.69 Å². The Bertz CT molecular complexity index is 994. The van der Waals surface area contributed by atoms with Crippen molar-refractivity contribution >= 4 is 11.4 Å². The topological polar surface area (TPSA) is 131 Å². The van der Waals surface area contributed by atoms with Gasteiger partial charge in [-0.05, 0) is 30.2 Å².